The SMILES string of the molecule is Cc1ncccc1OC1(C(=O)O)CCN(Cc2cccs2)CC1. The van der Waals surface area contributed by atoms with Crippen LogP contribution in [0.5, 0.6) is 5.75 Å². The van der Waals surface area contributed by atoms with Crippen LogP contribution in [0.25, 0.3) is 0 Å². The Labute approximate surface area is 139 Å². The second-order valence-electron chi connectivity index (χ2n) is 5.84. The number of carboxylic acids is 1. The van der Waals surface area contributed by atoms with E-state index >= 15 is 0 Å². The van der Waals surface area contributed by atoms with Gasteiger partial charge in [0, 0.05) is 43.5 Å². The summed E-state index contributed by atoms with van der Waals surface area (Å²) in [5, 5.41) is 11.8. The number of carbonyl (C=O) groups is 1. The Morgan fingerprint density at radius 3 is 2.78 bits per heavy atom. The number of rotatable bonds is 5. The number of piperidine rings is 1. The van der Waals surface area contributed by atoms with E-state index < -0.39 is 11.6 Å². The van der Waals surface area contributed by atoms with Crippen molar-refractivity contribution in [2.45, 2.75) is 31.9 Å². The molecule has 0 aliphatic carbocycles. The topological polar surface area (TPSA) is 62.7 Å². The predicted molar refractivity (Wildman–Crippen MR) is 88.8 cm³/mol. The maximum absolute atomic E-state index is 11.9. The van der Waals surface area contributed by atoms with E-state index in [9.17, 15) is 9.90 Å². The summed E-state index contributed by atoms with van der Waals surface area (Å²) in [6, 6.07) is 7.70. The zero-order valence-corrected chi connectivity index (χ0v) is 13.9. The Bertz CT molecular complexity index is 664. The summed E-state index contributed by atoms with van der Waals surface area (Å²) >= 11 is 1.73. The molecule has 1 N–H and O–H groups in total. The summed E-state index contributed by atoms with van der Waals surface area (Å²) in [5.74, 6) is -0.335. The summed E-state index contributed by atoms with van der Waals surface area (Å²) in [6.07, 6.45) is 2.63. The molecule has 5 nitrogen and oxygen atoms in total. The van der Waals surface area contributed by atoms with Crippen molar-refractivity contribution in [3.05, 3.63) is 46.4 Å². The van der Waals surface area contributed by atoms with Crippen LogP contribution in [-0.4, -0.2) is 39.7 Å². The van der Waals surface area contributed by atoms with Crippen molar-refractivity contribution >= 4 is 17.3 Å². The summed E-state index contributed by atoms with van der Waals surface area (Å²) in [7, 11) is 0. The number of nitrogens with zero attached hydrogens (tertiary/aromatic N) is 2. The van der Waals surface area contributed by atoms with Gasteiger partial charge in [0.1, 0.15) is 5.75 Å². The molecule has 3 rings (SSSR count). The zero-order chi connectivity index (χ0) is 16.3. The Hall–Kier alpha value is -1.92. The molecule has 3 heterocycles. The fourth-order valence-corrected chi connectivity index (χ4v) is 3.59. The Kier molecular flexibility index (Phi) is 4.63. The number of likely N-dealkylation sites (tertiary alicyclic amines) is 1. The highest BCUT2D eigenvalue weighted by atomic mass is 32.1. The first-order chi connectivity index (χ1) is 11.1. The molecule has 0 aromatic carbocycles. The Balaban J connectivity index is 1.69. The first-order valence-corrected chi connectivity index (χ1v) is 8.56. The molecule has 0 atom stereocenters. The number of carboxylic acid groups (broad SMARTS) is 1. The number of ether oxygens (including phenoxy) is 1. The van der Waals surface area contributed by atoms with Crippen molar-refractivity contribution in [3.8, 4) is 5.75 Å². The third-order valence-electron chi connectivity index (χ3n) is 4.28. The lowest BCUT2D eigenvalue weighted by atomic mass is 9.91. The highest BCUT2D eigenvalue weighted by Gasteiger charge is 2.44. The average molecular weight is 332 g/mol. The average Bonchev–Trinajstić information content (AvgIpc) is 3.04. The van der Waals surface area contributed by atoms with Gasteiger partial charge in [0.15, 0.2) is 0 Å². The molecule has 1 aliphatic heterocycles. The van der Waals surface area contributed by atoms with Crippen LogP contribution in [-0.2, 0) is 11.3 Å². The summed E-state index contributed by atoms with van der Waals surface area (Å²) in [5.41, 5.74) is -0.436. The molecule has 1 aliphatic rings. The van der Waals surface area contributed by atoms with Gasteiger partial charge >= 0.3 is 5.97 Å². The fourth-order valence-electron chi connectivity index (χ4n) is 2.84. The van der Waals surface area contributed by atoms with Crippen LogP contribution in [0.2, 0.25) is 0 Å². The van der Waals surface area contributed by atoms with Crippen LogP contribution in [0.4, 0.5) is 0 Å². The predicted octanol–water partition coefficient (Wildman–Crippen LogP) is 2.95. The molecular formula is C17H20N2O3S. The fraction of sp³-hybridized carbons (Fsp3) is 0.412. The molecule has 1 saturated heterocycles. The van der Waals surface area contributed by atoms with Crippen molar-refractivity contribution < 1.29 is 14.6 Å². The third-order valence-corrected chi connectivity index (χ3v) is 5.14. The standard InChI is InChI=1S/C17H20N2O3S/c1-13-15(5-2-8-18-13)22-17(16(20)21)6-9-19(10-7-17)12-14-4-3-11-23-14/h2-5,8,11H,6-7,9-10,12H2,1H3,(H,20,21). The molecular weight excluding hydrogens is 312 g/mol. The maximum Gasteiger partial charge on any atom is 0.348 e. The van der Waals surface area contributed by atoms with Crippen molar-refractivity contribution in [2.24, 2.45) is 0 Å². The zero-order valence-electron chi connectivity index (χ0n) is 13.1. The summed E-state index contributed by atoms with van der Waals surface area (Å²) in [4.78, 5) is 19.6. The smallest absolute Gasteiger partial charge is 0.348 e. The molecule has 0 bridgehead atoms. The van der Waals surface area contributed by atoms with Crippen LogP contribution in [0, 0.1) is 6.92 Å². The molecule has 1 fully saturated rings. The first kappa shape index (κ1) is 16.0. The van der Waals surface area contributed by atoms with Gasteiger partial charge in [0.25, 0.3) is 0 Å². The van der Waals surface area contributed by atoms with E-state index in [0.29, 0.717) is 37.4 Å². The van der Waals surface area contributed by atoms with Gasteiger partial charge in [-0.1, -0.05) is 6.07 Å². The van der Waals surface area contributed by atoms with Crippen molar-refractivity contribution in [2.75, 3.05) is 13.1 Å². The quantitative estimate of drug-likeness (QED) is 0.912. The van der Waals surface area contributed by atoms with E-state index in [1.807, 2.05) is 13.0 Å². The van der Waals surface area contributed by atoms with Gasteiger partial charge in [-0.05, 0) is 30.5 Å². The highest BCUT2D eigenvalue weighted by molar-refractivity contribution is 7.09. The van der Waals surface area contributed by atoms with E-state index in [2.05, 4.69) is 21.3 Å². The molecule has 0 saturated carbocycles. The molecule has 2 aromatic rings. The minimum atomic E-state index is -1.15. The van der Waals surface area contributed by atoms with Gasteiger partial charge in [0.05, 0.1) is 5.69 Å². The van der Waals surface area contributed by atoms with Gasteiger partial charge < -0.3 is 9.84 Å². The molecule has 2 aromatic heterocycles. The second-order valence-corrected chi connectivity index (χ2v) is 6.88. The van der Waals surface area contributed by atoms with E-state index in [0.717, 1.165) is 6.54 Å². The number of aryl methyl sites for hydroxylation is 1. The largest absolute Gasteiger partial charge is 0.478 e. The van der Waals surface area contributed by atoms with Crippen LogP contribution in [0.3, 0.4) is 0 Å². The molecule has 6 heteroatoms. The first-order valence-electron chi connectivity index (χ1n) is 7.68. The minimum Gasteiger partial charge on any atom is -0.478 e. The molecule has 23 heavy (non-hydrogen) atoms. The summed E-state index contributed by atoms with van der Waals surface area (Å²) < 4.78 is 5.93. The number of aromatic nitrogens is 1. The van der Waals surface area contributed by atoms with Crippen LogP contribution >= 0.6 is 11.3 Å². The summed E-state index contributed by atoms with van der Waals surface area (Å²) in [6.45, 7) is 4.13. The monoisotopic (exact) mass is 332 g/mol. The molecule has 0 amide bonds. The number of aliphatic carboxylic acids is 1. The van der Waals surface area contributed by atoms with Gasteiger partial charge in [-0.3, -0.25) is 9.88 Å². The highest BCUT2D eigenvalue weighted by Crippen LogP contribution is 2.31. The normalized spacial score (nSPS) is 17.8. The van der Waals surface area contributed by atoms with E-state index in [4.69, 9.17) is 4.74 Å². The number of hydrogen-bond acceptors (Lipinski definition) is 5. The van der Waals surface area contributed by atoms with E-state index in [1.165, 1.54) is 4.88 Å². The molecule has 0 spiro atoms. The van der Waals surface area contributed by atoms with Crippen LogP contribution in [0.1, 0.15) is 23.4 Å². The van der Waals surface area contributed by atoms with Crippen molar-refractivity contribution in [1.29, 1.82) is 0 Å². The second kappa shape index (κ2) is 6.68. The maximum atomic E-state index is 11.9. The minimum absolute atomic E-state index is 0.474. The molecule has 0 radical (unpaired) electrons. The lowest BCUT2D eigenvalue weighted by molar-refractivity contribution is -0.160. The van der Waals surface area contributed by atoms with Gasteiger partial charge in [-0.2, -0.15) is 0 Å². The Morgan fingerprint density at radius 2 is 2.17 bits per heavy atom. The lowest BCUT2D eigenvalue weighted by Crippen LogP contribution is -2.53. The van der Waals surface area contributed by atoms with Crippen LogP contribution in [0.15, 0.2) is 35.8 Å². The van der Waals surface area contributed by atoms with E-state index in [1.54, 1.807) is 29.7 Å². The third kappa shape index (κ3) is 3.54. The van der Waals surface area contributed by atoms with Gasteiger partial charge in [-0.25, -0.2) is 4.79 Å². The number of thiophene rings is 1. The van der Waals surface area contributed by atoms with Crippen molar-refractivity contribution in [3.63, 3.8) is 0 Å². The van der Waals surface area contributed by atoms with Crippen molar-refractivity contribution in [1.82, 2.24) is 9.88 Å². The van der Waals surface area contributed by atoms with E-state index in [-0.39, 0.29) is 0 Å². The van der Waals surface area contributed by atoms with Crippen LogP contribution < -0.4 is 4.74 Å². The Morgan fingerprint density at radius 1 is 1.39 bits per heavy atom. The van der Waals surface area contributed by atoms with Gasteiger partial charge in [-0.15, -0.1) is 11.3 Å². The molecule has 122 valence electrons. The lowest BCUT2D eigenvalue weighted by Gasteiger charge is -2.38. The number of hydrogen-bond donors (Lipinski definition) is 1. The van der Waals surface area contributed by atoms with Gasteiger partial charge in [0.2, 0.25) is 5.60 Å². The molecule has 0 unspecified atom stereocenters. The number of pyridine rings is 1.